The van der Waals surface area contributed by atoms with Gasteiger partial charge in [-0.1, -0.05) is 49.7 Å². The highest BCUT2D eigenvalue weighted by Crippen LogP contribution is 2.29. The van der Waals surface area contributed by atoms with Crippen LogP contribution in [-0.4, -0.2) is 11.3 Å². The minimum Gasteiger partial charge on any atom is -0.497 e. The van der Waals surface area contributed by atoms with Crippen molar-refractivity contribution < 1.29 is 8.95 Å². The SMILES string of the molecule is COc1ccc2cc([C@@H](N[S@@](=O)c3c(C)cc(C)cc3C)C(C)C)ccc2c1. The molecule has 28 heavy (non-hydrogen) atoms. The van der Waals surface area contributed by atoms with Gasteiger partial charge in [0.1, 0.15) is 16.7 Å². The monoisotopic (exact) mass is 395 g/mol. The topological polar surface area (TPSA) is 38.3 Å². The van der Waals surface area contributed by atoms with Crippen LogP contribution in [0.4, 0.5) is 0 Å². The molecule has 2 atom stereocenters. The van der Waals surface area contributed by atoms with Crippen LogP contribution in [0, 0.1) is 26.7 Å². The summed E-state index contributed by atoms with van der Waals surface area (Å²) in [6.07, 6.45) is 0. The molecule has 0 saturated carbocycles. The quantitative estimate of drug-likeness (QED) is 0.574. The van der Waals surface area contributed by atoms with Crippen molar-refractivity contribution in [2.24, 2.45) is 5.92 Å². The summed E-state index contributed by atoms with van der Waals surface area (Å²) in [5.41, 5.74) is 4.47. The maximum absolute atomic E-state index is 13.2. The van der Waals surface area contributed by atoms with Gasteiger partial charge in [-0.3, -0.25) is 0 Å². The number of rotatable bonds is 6. The summed E-state index contributed by atoms with van der Waals surface area (Å²) in [6, 6.07) is 16.7. The van der Waals surface area contributed by atoms with Gasteiger partial charge in [-0.2, -0.15) is 0 Å². The first kappa shape index (κ1) is 20.6. The number of benzene rings is 3. The Bertz CT molecular complexity index is 1000. The molecule has 148 valence electrons. The highest BCUT2D eigenvalue weighted by Gasteiger charge is 2.21. The van der Waals surface area contributed by atoms with Crippen LogP contribution in [-0.2, 0) is 11.0 Å². The summed E-state index contributed by atoms with van der Waals surface area (Å²) in [7, 11) is 0.404. The first-order valence-electron chi connectivity index (χ1n) is 9.63. The average Bonchev–Trinajstić information content (AvgIpc) is 2.64. The lowest BCUT2D eigenvalue weighted by molar-refractivity contribution is 0.415. The van der Waals surface area contributed by atoms with Crippen molar-refractivity contribution in [3.05, 3.63) is 70.8 Å². The van der Waals surface area contributed by atoms with Crippen LogP contribution in [0.5, 0.6) is 5.75 Å². The summed E-state index contributed by atoms with van der Waals surface area (Å²) in [5.74, 6) is 1.15. The van der Waals surface area contributed by atoms with Gasteiger partial charge >= 0.3 is 0 Å². The van der Waals surface area contributed by atoms with Crippen LogP contribution in [0.3, 0.4) is 0 Å². The summed E-state index contributed by atoms with van der Waals surface area (Å²) in [4.78, 5) is 0.891. The smallest absolute Gasteiger partial charge is 0.126 e. The van der Waals surface area contributed by atoms with E-state index in [1.54, 1.807) is 7.11 Å². The van der Waals surface area contributed by atoms with Gasteiger partial charge in [0.25, 0.3) is 0 Å². The van der Waals surface area contributed by atoms with E-state index in [0.29, 0.717) is 5.92 Å². The summed E-state index contributed by atoms with van der Waals surface area (Å²) in [5, 5.41) is 2.29. The largest absolute Gasteiger partial charge is 0.497 e. The van der Waals surface area contributed by atoms with Crippen LogP contribution >= 0.6 is 0 Å². The predicted molar refractivity (Wildman–Crippen MR) is 118 cm³/mol. The minimum atomic E-state index is -1.27. The number of hydrogen-bond donors (Lipinski definition) is 1. The molecule has 0 aliphatic carbocycles. The number of methoxy groups -OCH3 is 1. The van der Waals surface area contributed by atoms with Crippen LogP contribution in [0.1, 0.15) is 42.1 Å². The van der Waals surface area contributed by atoms with Crippen molar-refractivity contribution in [3.8, 4) is 5.75 Å². The number of ether oxygens (including phenoxy) is 1. The van der Waals surface area contributed by atoms with E-state index >= 15 is 0 Å². The first-order valence-corrected chi connectivity index (χ1v) is 10.8. The molecule has 0 bridgehead atoms. The summed E-state index contributed by atoms with van der Waals surface area (Å²) < 4.78 is 21.9. The van der Waals surface area contributed by atoms with Gasteiger partial charge in [0.15, 0.2) is 0 Å². The Hall–Kier alpha value is -2.17. The Balaban J connectivity index is 1.94. The van der Waals surface area contributed by atoms with E-state index < -0.39 is 11.0 Å². The third-order valence-electron chi connectivity index (χ3n) is 5.12. The second-order valence-corrected chi connectivity index (χ2v) is 8.99. The van der Waals surface area contributed by atoms with Crippen molar-refractivity contribution in [2.45, 2.75) is 45.6 Å². The van der Waals surface area contributed by atoms with Crippen molar-refractivity contribution in [2.75, 3.05) is 7.11 Å². The molecule has 4 heteroatoms. The average molecular weight is 396 g/mol. The van der Waals surface area contributed by atoms with E-state index in [1.807, 2.05) is 26.0 Å². The molecule has 0 spiro atoms. The zero-order valence-corrected chi connectivity index (χ0v) is 18.3. The summed E-state index contributed by atoms with van der Waals surface area (Å²) >= 11 is 0. The van der Waals surface area contributed by atoms with Crippen molar-refractivity contribution in [1.29, 1.82) is 0 Å². The van der Waals surface area contributed by atoms with Gasteiger partial charge in [-0.25, -0.2) is 8.93 Å². The Kier molecular flexibility index (Phi) is 6.21. The van der Waals surface area contributed by atoms with Gasteiger partial charge in [-0.15, -0.1) is 0 Å². The number of hydrogen-bond acceptors (Lipinski definition) is 2. The lowest BCUT2D eigenvalue weighted by Crippen LogP contribution is -2.28. The van der Waals surface area contributed by atoms with Gasteiger partial charge < -0.3 is 4.74 Å². The number of fused-ring (bicyclic) bond motifs is 1. The Morgan fingerprint density at radius 1 is 0.893 bits per heavy atom. The third kappa shape index (κ3) is 4.29. The molecule has 0 unspecified atom stereocenters. The molecule has 1 N–H and O–H groups in total. The minimum absolute atomic E-state index is 0.00700. The molecular formula is C24H29NO2S. The molecule has 3 aromatic rings. The highest BCUT2D eigenvalue weighted by molar-refractivity contribution is 7.83. The van der Waals surface area contributed by atoms with Gasteiger partial charge in [0.05, 0.1) is 12.0 Å². The predicted octanol–water partition coefficient (Wildman–Crippen LogP) is 5.78. The van der Waals surface area contributed by atoms with Crippen molar-refractivity contribution in [3.63, 3.8) is 0 Å². The molecule has 0 aliphatic rings. The fourth-order valence-electron chi connectivity index (χ4n) is 3.79. The molecule has 3 nitrogen and oxygen atoms in total. The van der Waals surface area contributed by atoms with Crippen LogP contribution < -0.4 is 9.46 Å². The van der Waals surface area contributed by atoms with Gasteiger partial charge in [0.2, 0.25) is 0 Å². The van der Waals surface area contributed by atoms with Crippen molar-refractivity contribution >= 4 is 21.8 Å². The second kappa shape index (κ2) is 8.46. The van der Waals surface area contributed by atoms with Gasteiger partial charge in [0, 0.05) is 6.04 Å². The third-order valence-corrected chi connectivity index (χ3v) is 6.60. The Morgan fingerprint density at radius 3 is 2.11 bits per heavy atom. The van der Waals surface area contributed by atoms with Crippen LogP contribution in [0.25, 0.3) is 10.8 Å². The normalized spacial score (nSPS) is 13.7. The molecule has 0 saturated heterocycles. The van der Waals surface area contributed by atoms with Crippen LogP contribution in [0.15, 0.2) is 53.4 Å². The van der Waals surface area contributed by atoms with Crippen LogP contribution in [0.2, 0.25) is 0 Å². The lowest BCUT2D eigenvalue weighted by Gasteiger charge is -2.24. The lowest BCUT2D eigenvalue weighted by atomic mass is 9.95. The molecular weight excluding hydrogens is 366 g/mol. The fourth-order valence-corrected chi connectivity index (χ4v) is 5.24. The van der Waals surface area contributed by atoms with E-state index in [9.17, 15) is 4.21 Å². The highest BCUT2D eigenvalue weighted by atomic mass is 32.2. The second-order valence-electron chi connectivity index (χ2n) is 7.81. The number of aryl methyl sites for hydroxylation is 3. The Labute approximate surface area is 170 Å². The number of nitrogens with one attached hydrogen (secondary N) is 1. The Morgan fingerprint density at radius 2 is 1.50 bits per heavy atom. The molecule has 0 aromatic heterocycles. The zero-order chi connectivity index (χ0) is 20.4. The molecule has 0 radical (unpaired) electrons. The fraction of sp³-hybridized carbons (Fsp3) is 0.333. The molecule has 3 aromatic carbocycles. The van der Waals surface area contributed by atoms with E-state index in [4.69, 9.17) is 4.74 Å². The molecule has 0 fully saturated rings. The van der Waals surface area contributed by atoms with E-state index in [2.05, 4.69) is 61.9 Å². The molecule has 3 rings (SSSR count). The molecule has 0 heterocycles. The first-order chi connectivity index (χ1) is 13.3. The standard InChI is InChI=1S/C24H29NO2S/c1-15(2)23(25-28(26)24-17(4)11-16(3)12-18(24)5)21-8-7-20-14-22(27-6)10-9-19(20)13-21/h7-15,23,25H,1-6H3/t23-,28-/m0/s1. The van der Waals surface area contributed by atoms with Gasteiger partial charge in [-0.05, 0) is 72.4 Å². The van der Waals surface area contributed by atoms with E-state index in [-0.39, 0.29) is 6.04 Å². The summed E-state index contributed by atoms with van der Waals surface area (Å²) in [6.45, 7) is 10.4. The molecule has 0 amide bonds. The van der Waals surface area contributed by atoms with Crippen molar-refractivity contribution in [1.82, 2.24) is 4.72 Å². The van der Waals surface area contributed by atoms with E-state index in [1.165, 1.54) is 5.56 Å². The molecule has 0 aliphatic heterocycles. The van der Waals surface area contributed by atoms with E-state index in [0.717, 1.165) is 38.1 Å². The maximum atomic E-state index is 13.2. The maximum Gasteiger partial charge on any atom is 0.126 e. The zero-order valence-electron chi connectivity index (χ0n) is 17.5.